The summed E-state index contributed by atoms with van der Waals surface area (Å²) in [4.78, 5) is 35.1. The number of anilines is 2. The molecule has 0 saturated carbocycles. The summed E-state index contributed by atoms with van der Waals surface area (Å²) in [5, 5.41) is 2.70. The molecule has 0 radical (unpaired) electrons. The Morgan fingerprint density at radius 3 is 2.38 bits per heavy atom. The lowest BCUT2D eigenvalue weighted by Crippen LogP contribution is -2.50. The molecular weight excluding hydrogens is 344 g/mol. The van der Waals surface area contributed by atoms with Crippen LogP contribution in [0.3, 0.4) is 0 Å². The number of piperazine rings is 1. The molecule has 1 aliphatic heterocycles. The molecule has 0 spiro atoms. The van der Waals surface area contributed by atoms with Crippen LogP contribution in [0.25, 0.3) is 0 Å². The molecule has 3 rings (SSSR count). The highest BCUT2D eigenvalue weighted by Gasteiger charge is 2.24. The smallest absolute Gasteiger partial charge is 0.272 e. The van der Waals surface area contributed by atoms with Crippen LogP contribution in [0.15, 0.2) is 30.6 Å². The molecule has 1 fully saturated rings. The number of rotatable bonds is 3. The standard InChI is InChI=1S/C17H17F2N5O2/c1-11(25)23-4-6-24(7-5-23)17(26)15-9-16(21-10-20-15)22-14-3-2-12(18)8-13(14)19/h2-3,8-10H,4-7H2,1H3,(H,20,21,22). The summed E-state index contributed by atoms with van der Waals surface area (Å²) in [6, 6.07) is 4.52. The third kappa shape index (κ3) is 3.93. The van der Waals surface area contributed by atoms with Gasteiger partial charge in [-0.05, 0) is 12.1 Å². The SMILES string of the molecule is CC(=O)N1CCN(C(=O)c2cc(Nc3ccc(F)cc3F)ncn2)CC1. The van der Waals surface area contributed by atoms with E-state index in [0.29, 0.717) is 26.2 Å². The van der Waals surface area contributed by atoms with E-state index in [-0.39, 0.29) is 29.0 Å². The lowest BCUT2D eigenvalue weighted by atomic mass is 10.2. The fourth-order valence-corrected chi connectivity index (χ4v) is 2.66. The number of carbonyl (C=O) groups is 2. The van der Waals surface area contributed by atoms with Gasteiger partial charge in [-0.3, -0.25) is 9.59 Å². The second-order valence-electron chi connectivity index (χ2n) is 5.84. The molecule has 0 bridgehead atoms. The maximum atomic E-state index is 13.7. The highest BCUT2D eigenvalue weighted by Crippen LogP contribution is 2.20. The Morgan fingerprint density at radius 1 is 1.04 bits per heavy atom. The van der Waals surface area contributed by atoms with Crippen molar-refractivity contribution < 1.29 is 18.4 Å². The molecule has 1 N–H and O–H groups in total. The zero-order chi connectivity index (χ0) is 18.7. The van der Waals surface area contributed by atoms with E-state index in [4.69, 9.17) is 0 Å². The van der Waals surface area contributed by atoms with Gasteiger partial charge >= 0.3 is 0 Å². The molecule has 0 atom stereocenters. The first-order chi connectivity index (χ1) is 12.4. The van der Waals surface area contributed by atoms with Gasteiger partial charge in [0.05, 0.1) is 5.69 Å². The Morgan fingerprint density at radius 2 is 1.73 bits per heavy atom. The van der Waals surface area contributed by atoms with E-state index < -0.39 is 11.6 Å². The van der Waals surface area contributed by atoms with Crippen molar-refractivity contribution in [3.63, 3.8) is 0 Å². The van der Waals surface area contributed by atoms with Gasteiger partial charge in [-0.15, -0.1) is 0 Å². The number of nitrogens with one attached hydrogen (secondary N) is 1. The number of carbonyl (C=O) groups excluding carboxylic acids is 2. The molecule has 1 aliphatic rings. The summed E-state index contributed by atoms with van der Waals surface area (Å²) in [6.45, 7) is 3.26. The molecule has 7 nitrogen and oxygen atoms in total. The number of hydrogen-bond donors (Lipinski definition) is 1. The first-order valence-electron chi connectivity index (χ1n) is 8.03. The van der Waals surface area contributed by atoms with Gasteiger partial charge in [-0.25, -0.2) is 18.7 Å². The summed E-state index contributed by atoms with van der Waals surface area (Å²) in [5.74, 6) is -1.55. The molecule has 136 valence electrons. The topological polar surface area (TPSA) is 78.4 Å². The maximum Gasteiger partial charge on any atom is 0.272 e. The zero-order valence-corrected chi connectivity index (χ0v) is 14.1. The number of benzene rings is 1. The van der Waals surface area contributed by atoms with Gasteiger partial charge in [0.15, 0.2) is 0 Å². The van der Waals surface area contributed by atoms with E-state index in [0.717, 1.165) is 12.1 Å². The molecule has 26 heavy (non-hydrogen) atoms. The van der Waals surface area contributed by atoms with Crippen molar-refractivity contribution in [2.45, 2.75) is 6.92 Å². The minimum atomic E-state index is -0.767. The Kier molecular flexibility index (Phi) is 5.06. The summed E-state index contributed by atoms with van der Waals surface area (Å²) >= 11 is 0. The molecule has 9 heteroatoms. The Hall–Kier alpha value is -3.10. The van der Waals surface area contributed by atoms with E-state index >= 15 is 0 Å². The van der Waals surface area contributed by atoms with Gasteiger partial charge in [0.2, 0.25) is 5.91 Å². The van der Waals surface area contributed by atoms with Gasteiger partial charge in [0.25, 0.3) is 5.91 Å². The third-order valence-electron chi connectivity index (χ3n) is 4.09. The minimum Gasteiger partial charge on any atom is -0.339 e. The summed E-state index contributed by atoms with van der Waals surface area (Å²) in [7, 11) is 0. The molecule has 1 aromatic heterocycles. The van der Waals surface area contributed by atoms with Crippen LogP contribution in [0.2, 0.25) is 0 Å². The van der Waals surface area contributed by atoms with Crippen molar-refractivity contribution in [2.24, 2.45) is 0 Å². The molecule has 2 amide bonds. The minimum absolute atomic E-state index is 0.0213. The number of hydrogen-bond acceptors (Lipinski definition) is 5. The van der Waals surface area contributed by atoms with Crippen molar-refractivity contribution in [2.75, 3.05) is 31.5 Å². The molecule has 2 heterocycles. The van der Waals surface area contributed by atoms with Gasteiger partial charge in [0, 0.05) is 45.2 Å². The fourth-order valence-electron chi connectivity index (χ4n) is 2.66. The zero-order valence-electron chi connectivity index (χ0n) is 14.1. The maximum absolute atomic E-state index is 13.7. The molecule has 2 aromatic rings. The normalized spacial score (nSPS) is 14.3. The quantitative estimate of drug-likeness (QED) is 0.902. The largest absolute Gasteiger partial charge is 0.339 e. The third-order valence-corrected chi connectivity index (χ3v) is 4.09. The average molecular weight is 361 g/mol. The monoisotopic (exact) mass is 361 g/mol. The van der Waals surface area contributed by atoms with E-state index in [1.54, 1.807) is 9.80 Å². The molecular formula is C17H17F2N5O2. The summed E-state index contributed by atoms with van der Waals surface area (Å²) in [6.07, 6.45) is 1.20. The van der Waals surface area contributed by atoms with Crippen LogP contribution in [-0.4, -0.2) is 57.8 Å². The van der Waals surface area contributed by atoms with Crippen molar-refractivity contribution >= 4 is 23.3 Å². The predicted octanol–water partition coefficient (Wildman–Crippen LogP) is 1.80. The predicted molar refractivity (Wildman–Crippen MR) is 89.8 cm³/mol. The van der Waals surface area contributed by atoms with Crippen LogP contribution in [0, 0.1) is 11.6 Å². The molecule has 0 aliphatic carbocycles. The van der Waals surface area contributed by atoms with Gasteiger partial charge < -0.3 is 15.1 Å². The lowest BCUT2D eigenvalue weighted by molar-refractivity contribution is -0.130. The van der Waals surface area contributed by atoms with Crippen molar-refractivity contribution in [1.82, 2.24) is 19.8 Å². The summed E-state index contributed by atoms with van der Waals surface area (Å²) < 4.78 is 26.7. The van der Waals surface area contributed by atoms with Crippen molar-refractivity contribution in [1.29, 1.82) is 0 Å². The Labute approximate surface area is 148 Å². The number of nitrogens with zero attached hydrogens (tertiary/aromatic N) is 4. The van der Waals surface area contributed by atoms with Crippen LogP contribution in [-0.2, 0) is 4.79 Å². The fraction of sp³-hybridized carbons (Fsp3) is 0.294. The Bertz CT molecular complexity index is 838. The van der Waals surface area contributed by atoms with E-state index in [2.05, 4.69) is 15.3 Å². The summed E-state index contributed by atoms with van der Waals surface area (Å²) in [5.41, 5.74) is 0.194. The second-order valence-corrected chi connectivity index (χ2v) is 5.84. The van der Waals surface area contributed by atoms with Crippen molar-refractivity contribution in [3.8, 4) is 0 Å². The Balaban J connectivity index is 1.71. The van der Waals surface area contributed by atoms with Crippen LogP contribution >= 0.6 is 0 Å². The number of halogens is 2. The highest BCUT2D eigenvalue weighted by atomic mass is 19.1. The van der Waals surface area contributed by atoms with Crippen LogP contribution in [0.5, 0.6) is 0 Å². The van der Waals surface area contributed by atoms with Crippen LogP contribution in [0.4, 0.5) is 20.3 Å². The average Bonchev–Trinajstić information content (AvgIpc) is 2.64. The van der Waals surface area contributed by atoms with Crippen LogP contribution < -0.4 is 5.32 Å². The highest BCUT2D eigenvalue weighted by molar-refractivity contribution is 5.93. The van der Waals surface area contributed by atoms with Gasteiger partial charge in [-0.1, -0.05) is 0 Å². The number of amides is 2. The van der Waals surface area contributed by atoms with E-state index in [1.807, 2.05) is 0 Å². The molecule has 0 unspecified atom stereocenters. The first kappa shape index (κ1) is 17.7. The van der Waals surface area contributed by atoms with Gasteiger partial charge in [0.1, 0.15) is 29.5 Å². The van der Waals surface area contributed by atoms with E-state index in [9.17, 15) is 18.4 Å². The second kappa shape index (κ2) is 7.42. The molecule has 1 saturated heterocycles. The lowest BCUT2D eigenvalue weighted by Gasteiger charge is -2.34. The molecule has 1 aromatic carbocycles. The van der Waals surface area contributed by atoms with Gasteiger partial charge in [-0.2, -0.15) is 0 Å². The first-order valence-corrected chi connectivity index (χ1v) is 8.03. The van der Waals surface area contributed by atoms with E-state index in [1.165, 1.54) is 25.4 Å². The van der Waals surface area contributed by atoms with Crippen LogP contribution in [0.1, 0.15) is 17.4 Å². The van der Waals surface area contributed by atoms with Crippen molar-refractivity contribution in [3.05, 3.63) is 47.9 Å². The number of aromatic nitrogens is 2.